The number of methoxy groups -OCH3 is 1. The van der Waals surface area contributed by atoms with Crippen LogP contribution in [0.1, 0.15) is 18.5 Å². The number of nitrogens with zero attached hydrogens (tertiary/aromatic N) is 4. The normalized spacial score (nSPS) is 14.7. The number of allylic oxidation sites excluding steroid dienone is 1. The number of ether oxygens (including phenoxy) is 1. The highest BCUT2D eigenvalue weighted by Gasteiger charge is 2.38. The van der Waals surface area contributed by atoms with E-state index in [-0.39, 0.29) is 17.1 Å². The molecule has 2 aromatic heterocycles. The second-order valence-electron chi connectivity index (χ2n) is 7.72. The number of nitro groups is 1. The highest BCUT2D eigenvalue weighted by atomic mass is 16.6. The lowest BCUT2D eigenvalue weighted by Crippen LogP contribution is -2.32. The number of benzene rings is 2. The summed E-state index contributed by atoms with van der Waals surface area (Å²) in [6.07, 6.45) is 1.50. The monoisotopic (exact) mass is 472 g/mol. The van der Waals surface area contributed by atoms with Crippen molar-refractivity contribution in [2.45, 2.75) is 13.0 Å². The minimum atomic E-state index is -0.932. The number of nitrogens with one attached hydrogen (secondary N) is 2. The maximum absolute atomic E-state index is 13.6. The molecule has 1 aliphatic heterocycles. The zero-order valence-electron chi connectivity index (χ0n) is 18.8. The number of carbonyl (C=O) groups is 1. The van der Waals surface area contributed by atoms with Gasteiger partial charge in [0.05, 0.1) is 35.1 Å². The van der Waals surface area contributed by atoms with Crippen molar-refractivity contribution >= 4 is 23.2 Å². The largest absolute Gasteiger partial charge is 0.495 e. The number of rotatable bonds is 6. The lowest BCUT2D eigenvalue weighted by Gasteiger charge is -2.28. The molecular weight excluding hydrogens is 452 g/mol. The third-order valence-corrected chi connectivity index (χ3v) is 5.62. The van der Waals surface area contributed by atoms with E-state index in [4.69, 9.17) is 9.15 Å². The minimum Gasteiger partial charge on any atom is -0.495 e. The van der Waals surface area contributed by atoms with Crippen molar-refractivity contribution in [2.24, 2.45) is 0 Å². The van der Waals surface area contributed by atoms with E-state index >= 15 is 0 Å². The zero-order valence-corrected chi connectivity index (χ0v) is 18.8. The lowest BCUT2D eigenvalue weighted by atomic mass is 9.93. The van der Waals surface area contributed by atoms with Crippen LogP contribution in [0.2, 0.25) is 0 Å². The average Bonchev–Trinajstić information content (AvgIpc) is 3.53. The van der Waals surface area contributed by atoms with E-state index in [9.17, 15) is 14.9 Å². The van der Waals surface area contributed by atoms with Gasteiger partial charge in [-0.15, -0.1) is 5.10 Å². The van der Waals surface area contributed by atoms with Gasteiger partial charge in [-0.05, 0) is 37.3 Å². The Morgan fingerprint density at radius 3 is 2.69 bits per heavy atom. The molecule has 1 aliphatic rings. The van der Waals surface area contributed by atoms with Crippen LogP contribution in [0.25, 0.3) is 11.6 Å². The van der Waals surface area contributed by atoms with Crippen LogP contribution in [-0.2, 0) is 4.79 Å². The third kappa shape index (κ3) is 3.88. The van der Waals surface area contributed by atoms with Gasteiger partial charge in [-0.1, -0.05) is 24.3 Å². The molecule has 0 saturated heterocycles. The van der Waals surface area contributed by atoms with E-state index in [1.165, 1.54) is 24.1 Å². The summed E-state index contributed by atoms with van der Waals surface area (Å²) in [7, 11) is 1.51. The van der Waals surface area contributed by atoms with Gasteiger partial charge in [0.15, 0.2) is 5.76 Å². The van der Waals surface area contributed by atoms with Crippen molar-refractivity contribution in [3.63, 3.8) is 0 Å². The fourth-order valence-electron chi connectivity index (χ4n) is 4.07. The summed E-state index contributed by atoms with van der Waals surface area (Å²) >= 11 is 0. The molecule has 0 aliphatic carbocycles. The van der Waals surface area contributed by atoms with Crippen molar-refractivity contribution in [3.05, 3.63) is 93.9 Å². The van der Waals surface area contributed by atoms with Crippen LogP contribution in [0, 0.1) is 10.1 Å². The minimum absolute atomic E-state index is 0.143. The van der Waals surface area contributed by atoms with Crippen LogP contribution in [-0.4, -0.2) is 32.7 Å². The number of nitro benzene ring substituents is 1. The number of furan rings is 1. The fraction of sp³-hybridized carbons (Fsp3) is 0.125. The Hall–Kier alpha value is -4.93. The van der Waals surface area contributed by atoms with Gasteiger partial charge in [-0.25, -0.2) is 4.68 Å². The molecule has 176 valence electrons. The third-order valence-electron chi connectivity index (χ3n) is 5.62. The molecule has 0 saturated carbocycles. The Morgan fingerprint density at radius 2 is 1.94 bits per heavy atom. The summed E-state index contributed by atoms with van der Waals surface area (Å²) in [5, 5.41) is 22.4. The number of para-hydroxylation sites is 3. The summed E-state index contributed by atoms with van der Waals surface area (Å²) in [4.78, 5) is 29.5. The van der Waals surface area contributed by atoms with E-state index in [0.717, 1.165) is 0 Å². The van der Waals surface area contributed by atoms with Crippen molar-refractivity contribution < 1.29 is 18.9 Å². The molecule has 2 N–H and O–H groups in total. The van der Waals surface area contributed by atoms with Crippen molar-refractivity contribution in [2.75, 3.05) is 17.7 Å². The zero-order chi connectivity index (χ0) is 24.5. The molecule has 4 aromatic rings. The van der Waals surface area contributed by atoms with Crippen LogP contribution < -0.4 is 15.4 Å². The average molecular weight is 472 g/mol. The number of hydrogen-bond donors (Lipinski definition) is 2. The SMILES string of the molecule is COc1ccccc1NC(=O)C1=C(C)Nc2nc(-c3ccco3)nn2C1c1ccccc1[N+](=O)[O-]. The predicted octanol–water partition coefficient (Wildman–Crippen LogP) is 4.38. The topological polar surface area (TPSA) is 137 Å². The summed E-state index contributed by atoms with van der Waals surface area (Å²) in [5.41, 5.74) is 1.33. The Balaban J connectivity index is 1.65. The first-order valence-electron chi connectivity index (χ1n) is 10.6. The first-order valence-corrected chi connectivity index (χ1v) is 10.6. The Labute approximate surface area is 199 Å². The quantitative estimate of drug-likeness (QED) is 0.311. The van der Waals surface area contributed by atoms with E-state index in [2.05, 4.69) is 20.7 Å². The first kappa shape index (κ1) is 21.9. The molecule has 1 atom stereocenters. The van der Waals surface area contributed by atoms with Crippen molar-refractivity contribution in [3.8, 4) is 17.3 Å². The fourth-order valence-corrected chi connectivity index (χ4v) is 4.07. The van der Waals surface area contributed by atoms with E-state index in [1.54, 1.807) is 61.5 Å². The molecule has 5 rings (SSSR count). The number of amides is 1. The maximum atomic E-state index is 13.6. The highest BCUT2D eigenvalue weighted by Crippen LogP contribution is 2.40. The molecule has 0 spiro atoms. The molecule has 11 heteroatoms. The Morgan fingerprint density at radius 1 is 1.17 bits per heavy atom. The van der Waals surface area contributed by atoms with Gasteiger partial charge in [0.1, 0.15) is 11.8 Å². The molecule has 1 amide bonds. The summed E-state index contributed by atoms with van der Waals surface area (Å²) < 4.78 is 12.2. The highest BCUT2D eigenvalue weighted by molar-refractivity contribution is 6.06. The Kier molecular flexibility index (Phi) is 5.49. The molecule has 1 unspecified atom stereocenters. The molecular formula is C24H20N6O5. The van der Waals surface area contributed by atoms with Gasteiger partial charge in [-0.3, -0.25) is 14.9 Å². The van der Waals surface area contributed by atoms with Crippen LogP contribution >= 0.6 is 0 Å². The number of aromatic nitrogens is 3. The number of anilines is 2. The second kappa shape index (κ2) is 8.78. The summed E-state index contributed by atoms with van der Waals surface area (Å²) in [5.74, 6) is 1.04. The van der Waals surface area contributed by atoms with Crippen LogP contribution in [0.3, 0.4) is 0 Å². The predicted molar refractivity (Wildman–Crippen MR) is 127 cm³/mol. The van der Waals surface area contributed by atoms with E-state index in [0.29, 0.717) is 34.4 Å². The van der Waals surface area contributed by atoms with Crippen LogP contribution in [0.4, 0.5) is 17.3 Å². The molecule has 0 bridgehead atoms. The lowest BCUT2D eigenvalue weighted by molar-refractivity contribution is -0.385. The number of fused-ring (bicyclic) bond motifs is 1. The second-order valence-corrected chi connectivity index (χ2v) is 7.72. The summed E-state index contributed by atoms with van der Waals surface area (Å²) in [6, 6.07) is 15.7. The number of hydrogen-bond acceptors (Lipinski definition) is 8. The number of carbonyl (C=O) groups excluding carboxylic acids is 1. The van der Waals surface area contributed by atoms with Gasteiger partial charge in [-0.2, -0.15) is 4.98 Å². The van der Waals surface area contributed by atoms with Crippen LogP contribution in [0.15, 0.2) is 82.6 Å². The molecule has 11 nitrogen and oxygen atoms in total. The van der Waals surface area contributed by atoms with E-state index < -0.39 is 16.9 Å². The van der Waals surface area contributed by atoms with Crippen molar-refractivity contribution in [1.82, 2.24) is 14.8 Å². The summed E-state index contributed by atoms with van der Waals surface area (Å²) in [6.45, 7) is 1.71. The molecule has 0 radical (unpaired) electrons. The first-order chi connectivity index (χ1) is 17.0. The van der Waals surface area contributed by atoms with Gasteiger partial charge >= 0.3 is 0 Å². The molecule has 0 fully saturated rings. The van der Waals surface area contributed by atoms with Gasteiger partial charge in [0.2, 0.25) is 11.8 Å². The van der Waals surface area contributed by atoms with Gasteiger partial charge < -0.3 is 19.8 Å². The Bertz CT molecular complexity index is 1460. The van der Waals surface area contributed by atoms with E-state index in [1.807, 2.05) is 0 Å². The molecule has 3 heterocycles. The molecule has 2 aromatic carbocycles. The molecule has 35 heavy (non-hydrogen) atoms. The van der Waals surface area contributed by atoms with Crippen molar-refractivity contribution in [1.29, 1.82) is 0 Å². The maximum Gasteiger partial charge on any atom is 0.275 e. The van der Waals surface area contributed by atoms with Gasteiger partial charge in [0, 0.05) is 11.8 Å². The smallest absolute Gasteiger partial charge is 0.275 e. The standard InChI is InChI=1S/C24H20N6O5/c1-14-20(23(31)26-16-9-4-6-11-18(16)34-2)21(15-8-3-5-10-17(15)30(32)33)29-24(25-14)27-22(28-29)19-12-7-13-35-19/h3-13,21H,1-2H3,(H,26,31)(H,25,27,28). The van der Waals surface area contributed by atoms with Gasteiger partial charge in [0.25, 0.3) is 11.6 Å². The van der Waals surface area contributed by atoms with Crippen LogP contribution in [0.5, 0.6) is 5.75 Å².